The van der Waals surface area contributed by atoms with E-state index in [4.69, 9.17) is 32.8 Å². The molecule has 10 heteroatoms. The van der Waals surface area contributed by atoms with E-state index < -0.39 is 0 Å². The third kappa shape index (κ3) is 12.4. The van der Waals surface area contributed by atoms with Gasteiger partial charge in [-0.3, -0.25) is 14.5 Å². The first-order valence-corrected chi connectivity index (χ1v) is 16.2. The lowest BCUT2D eigenvalue weighted by atomic mass is 9.82. The largest absolute Gasteiger partial charge is 0.511 e. The Bertz CT molecular complexity index is 1060. The number of amides is 1. The Morgan fingerprint density at radius 1 is 1.27 bits per heavy atom. The topological polar surface area (TPSA) is 88.4 Å². The Morgan fingerprint density at radius 2 is 2.00 bits per heavy atom. The van der Waals surface area contributed by atoms with E-state index in [0.717, 1.165) is 35.4 Å². The SMILES string of the molecule is CCOCN(C(=O)CCl)c1c(C)cccc1CC.CCSC(C)CC1CC(=O)C(/C(CC)=N/OC/C=C/Cl)=C(O)C1. The summed E-state index contributed by atoms with van der Waals surface area (Å²) in [5, 5.41) is 14.8. The van der Waals surface area contributed by atoms with Crippen LogP contribution < -0.4 is 4.90 Å². The van der Waals surface area contributed by atoms with Gasteiger partial charge in [0.1, 0.15) is 25.0 Å². The normalized spacial score (nSPS) is 16.4. The molecule has 0 bridgehead atoms. The Hall–Kier alpha value is -2.00. The van der Waals surface area contributed by atoms with Crippen LogP contribution in [-0.4, -0.2) is 59.3 Å². The van der Waals surface area contributed by atoms with Gasteiger partial charge in [-0.25, -0.2) is 0 Å². The lowest BCUT2D eigenvalue weighted by Crippen LogP contribution is -2.35. The van der Waals surface area contributed by atoms with E-state index in [1.54, 1.807) is 11.0 Å². The van der Waals surface area contributed by atoms with Gasteiger partial charge in [0.25, 0.3) is 0 Å². The number of allylic oxidation sites excluding steroid dienone is 2. The average Bonchev–Trinajstić information content (AvgIpc) is 2.94. The molecule has 0 fully saturated rings. The molecule has 0 saturated heterocycles. The van der Waals surface area contributed by atoms with Gasteiger partial charge in [-0.05, 0) is 62.0 Å². The Morgan fingerprint density at radius 3 is 2.56 bits per heavy atom. The van der Waals surface area contributed by atoms with Crippen LogP contribution in [0, 0.1) is 12.8 Å². The van der Waals surface area contributed by atoms with Gasteiger partial charge in [-0.2, -0.15) is 11.8 Å². The average molecular weight is 630 g/mol. The van der Waals surface area contributed by atoms with Crippen molar-refractivity contribution in [2.45, 2.75) is 78.9 Å². The highest BCUT2D eigenvalue weighted by Gasteiger charge is 2.31. The second-order valence-corrected chi connectivity index (χ2v) is 11.8. The highest BCUT2D eigenvalue weighted by molar-refractivity contribution is 7.99. The molecule has 0 heterocycles. The van der Waals surface area contributed by atoms with Crippen LogP contribution in [0.3, 0.4) is 0 Å². The van der Waals surface area contributed by atoms with Gasteiger partial charge >= 0.3 is 0 Å². The van der Waals surface area contributed by atoms with E-state index in [1.807, 2.05) is 50.7 Å². The van der Waals surface area contributed by atoms with Crippen molar-refractivity contribution in [3.8, 4) is 0 Å². The number of Topliss-reactive ketones (excluding diaryl/α,β-unsaturated/α-hetero) is 1. The van der Waals surface area contributed by atoms with E-state index in [2.05, 4.69) is 25.9 Å². The molecule has 0 spiro atoms. The van der Waals surface area contributed by atoms with Crippen LogP contribution in [0.4, 0.5) is 5.69 Å². The molecule has 0 saturated carbocycles. The standard InChI is InChI=1S/C17H26ClNO3S.C14H20ClNO2/c1-4-14(19-22-8-6-7-18)17-15(20)10-13(11-16(17)21)9-12(3)23-5-2;1-4-12-8-6-7-11(3)14(12)16(10-18-5-2)13(17)9-15/h6-7,12-13,20H,4-5,8-11H2,1-3H3;6-8H,4-5,9-10H2,1-3H3/b7-6+,19-14+;. The highest BCUT2D eigenvalue weighted by atomic mass is 35.5. The van der Waals surface area contributed by atoms with Gasteiger partial charge in [0, 0.05) is 30.2 Å². The van der Waals surface area contributed by atoms with Gasteiger partial charge in [0.05, 0.1) is 17.0 Å². The fraction of sp³-hybridized carbons (Fsp3) is 0.581. The van der Waals surface area contributed by atoms with E-state index >= 15 is 0 Å². The van der Waals surface area contributed by atoms with E-state index in [9.17, 15) is 14.7 Å². The summed E-state index contributed by atoms with van der Waals surface area (Å²) in [7, 11) is 0. The maximum absolute atomic E-state index is 12.4. The number of rotatable bonds is 15. The molecule has 1 aliphatic rings. The number of ether oxygens (including phenoxy) is 1. The van der Waals surface area contributed by atoms with Crippen LogP contribution in [0.25, 0.3) is 0 Å². The van der Waals surface area contributed by atoms with Crippen LogP contribution in [0.1, 0.15) is 71.4 Å². The fourth-order valence-corrected chi connectivity index (χ4v) is 5.87. The summed E-state index contributed by atoms with van der Waals surface area (Å²) in [5.74, 6) is 1.22. The summed E-state index contributed by atoms with van der Waals surface area (Å²) in [5.41, 5.74) is 5.32. The molecule has 0 radical (unpaired) electrons. The number of alkyl halides is 1. The van der Waals surface area contributed by atoms with Crippen molar-refractivity contribution >= 4 is 58.1 Å². The summed E-state index contributed by atoms with van der Waals surface area (Å²) in [4.78, 5) is 31.1. The van der Waals surface area contributed by atoms with Gasteiger partial charge in [0.2, 0.25) is 5.91 Å². The lowest BCUT2D eigenvalue weighted by Gasteiger charge is -2.25. The predicted octanol–water partition coefficient (Wildman–Crippen LogP) is 7.97. The molecular weight excluding hydrogens is 583 g/mol. The first-order chi connectivity index (χ1) is 19.7. The maximum atomic E-state index is 12.4. The van der Waals surface area contributed by atoms with Crippen molar-refractivity contribution in [2.24, 2.45) is 11.1 Å². The number of para-hydroxylation sites is 1. The smallest absolute Gasteiger partial charge is 0.243 e. The number of hydrogen-bond donors (Lipinski definition) is 1. The van der Waals surface area contributed by atoms with Crippen molar-refractivity contribution in [1.82, 2.24) is 0 Å². The maximum Gasteiger partial charge on any atom is 0.243 e. The minimum atomic E-state index is -0.130. The molecule has 0 aromatic heterocycles. The van der Waals surface area contributed by atoms with Crippen LogP contribution in [0.5, 0.6) is 0 Å². The molecule has 2 rings (SSSR count). The predicted molar refractivity (Wildman–Crippen MR) is 174 cm³/mol. The first kappa shape index (κ1) is 37.0. The molecule has 1 N–H and O–H groups in total. The van der Waals surface area contributed by atoms with Crippen molar-refractivity contribution in [3.05, 3.63) is 52.3 Å². The lowest BCUT2D eigenvalue weighted by molar-refractivity contribution is -0.118. The van der Waals surface area contributed by atoms with Crippen LogP contribution in [-0.2, 0) is 25.6 Å². The monoisotopic (exact) mass is 628 g/mol. The van der Waals surface area contributed by atoms with Gasteiger partial charge in [-0.1, -0.05) is 62.7 Å². The number of carbonyl (C=O) groups excluding carboxylic acids is 2. The summed E-state index contributed by atoms with van der Waals surface area (Å²) >= 11 is 13.0. The molecule has 230 valence electrons. The second kappa shape index (κ2) is 20.8. The third-order valence-corrected chi connectivity index (χ3v) is 8.01. The molecule has 2 unspecified atom stereocenters. The fourth-order valence-electron chi connectivity index (χ4n) is 4.68. The number of halogens is 2. The van der Waals surface area contributed by atoms with E-state index in [1.165, 1.54) is 5.54 Å². The van der Waals surface area contributed by atoms with E-state index in [0.29, 0.717) is 42.4 Å². The Balaban J connectivity index is 0.000000422. The van der Waals surface area contributed by atoms with Gasteiger partial charge in [-0.15, -0.1) is 11.6 Å². The zero-order valence-electron chi connectivity index (χ0n) is 25.3. The molecule has 1 aromatic rings. The molecule has 1 amide bonds. The number of thioether (sulfide) groups is 1. The molecule has 7 nitrogen and oxygen atoms in total. The van der Waals surface area contributed by atoms with Crippen molar-refractivity contribution < 1.29 is 24.3 Å². The number of aliphatic hydroxyl groups is 1. The van der Waals surface area contributed by atoms with Crippen molar-refractivity contribution in [1.29, 1.82) is 0 Å². The number of carbonyl (C=O) groups is 2. The molecule has 41 heavy (non-hydrogen) atoms. The van der Waals surface area contributed by atoms with Crippen LogP contribution in [0.2, 0.25) is 0 Å². The van der Waals surface area contributed by atoms with Gasteiger partial charge < -0.3 is 14.7 Å². The quantitative estimate of drug-likeness (QED) is 0.0696. The molecule has 1 aromatic carbocycles. The number of aryl methyl sites for hydroxylation is 2. The minimum Gasteiger partial charge on any atom is -0.511 e. The third-order valence-electron chi connectivity index (χ3n) is 6.51. The summed E-state index contributed by atoms with van der Waals surface area (Å²) < 4.78 is 5.37. The summed E-state index contributed by atoms with van der Waals surface area (Å²) in [6.07, 6.45) is 4.96. The van der Waals surface area contributed by atoms with Crippen molar-refractivity contribution in [3.63, 3.8) is 0 Å². The molecule has 1 aliphatic carbocycles. The zero-order valence-corrected chi connectivity index (χ0v) is 27.6. The number of ketones is 1. The Kier molecular flexibility index (Phi) is 18.8. The number of benzene rings is 1. The minimum absolute atomic E-state index is 0.0371. The number of anilines is 1. The number of hydrogen-bond acceptors (Lipinski definition) is 7. The zero-order chi connectivity index (χ0) is 30.8. The molecular formula is C31H46Cl2N2O5S. The summed E-state index contributed by atoms with van der Waals surface area (Å²) in [6, 6.07) is 6.03. The van der Waals surface area contributed by atoms with Crippen LogP contribution in [0.15, 0.2) is 46.3 Å². The second-order valence-electron chi connectivity index (χ2n) is 9.58. The molecule has 0 aliphatic heterocycles. The van der Waals surface area contributed by atoms with Crippen molar-refractivity contribution in [2.75, 3.05) is 36.5 Å². The van der Waals surface area contributed by atoms with E-state index in [-0.39, 0.29) is 42.6 Å². The Labute approximate surface area is 260 Å². The number of nitrogens with zero attached hydrogens (tertiary/aromatic N) is 2. The summed E-state index contributed by atoms with van der Waals surface area (Å²) in [6.45, 7) is 13.2. The van der Waals surface area contributed by atoms with Crippen LogP contribution >= 0.6 is 35.0 Å². The number of aliphatic hydroxyl groups excluding tert-OH is 1. The molecule has 2 atom stereocenters. The number of oxime groups is 1. The van der Waals surface area contributed by atoms with Gasteiger partial charge in [0.15, 0.2) is 5.78 Å². The first-order valence-electron chi connectivity index (χ1n) is 14.2. The highest BCUT2D eigenvalue weighted by Crippen LogP contribution is 2.32.